The van der Waals surface area contributed by atoms with Gasteiger partial charge in [0, 0.05) is 13.1 Å². The number of carbonyl (C=O) groups is 1. The van der Waals surface area contributed by atoms with Crippen LogP contribution in [0.25, 0.3) is 0 Å². The molecule has 0 radical (unpaired) electrons. The first-order valence-corrected chi connectivity index (χ1v) is 6.81. The summed E-state index contributed by atoms with van der Waals surface area (Å²) in [6.07, 6.45) is 0. The molecule has 0 aliphatic carbocycles. The van der Waals surface area contributed by atoms with Gasteiger partial charge in [0.1, 0.15) is 17.1 Å². The Labute approximate surface area is 124 Å². The minimum absolute atomic E-state index is 0.337. The molecule has 0 saturated carbocycles. The minimum Gasteiger partial charge on any atom is -0.496 e. The van der Waals surface area contributed by atoms with Gasteiger partial charge in [0.2, 0.25) is 0 Å². The van der Waals surface area contributed by atoms with Crippen LogP contribution in [0.5, 0.6) is 11.5 Å². The lowest BCUT2D eigenvalue weighted by atomic mass is 10.1. The number of thiocarbonyl (C=S) groups is 1. The van der Waals surface area contributed by atoms with Crippen molar-refractivity contribution in [3.63, 3.8) is 0 Å². The van der Waals surface area contributed by atoms with E-state index in [2.05, 4.69) is 5.32 Å². The fraction of sp³-hybridized carbons (Fsp3) is 0.429. The molecule has 0 fully saturated rings. The van der Waals surface area contributed by atoms with E-state index in [1.54, 1.807) is 18.2 Å². The zero-order valence-corrected chi connectivity index (χ0v) is 13.0. The zero-order valence-electron chi connectivity index (χ0n) is 12.2. The molecular weight excluding hydrogens is 276 g/mol. The van der Waals surface area contributed by atoms with Crippen LogP contribution in [-0.4, -0.2) is 43.2 Å². The van der Waals surface area contributed by atoms with E-state index in [9.17, 15) is 4.79 Å². The lowest BCUT2D eigenvalue weighted by Crippen LogP contribution is -2.42. The second kappa shape index (κ2) is 7.69. The highest BCUT2D eigenvalue weighted by Gasteiger charge is 2.20. The zero-order chi connectivity index (χ0) is 15.1. The maximum atomic E-state index is 12.4. The summed E-state index contributed by atoms with van der Waals surface area (Å²) in [5, 5.41) is 3.10. The molecule has 0 aromatic heterocycles. The van der Waals surface area contributed by atoms with Gasteiger partial charge in [0.15, 0.2) is 5.11 Å². The molecule has 1 aromatic carbocycles. The summed E-state index contributed by atoms with van der Waals surface area (Å²) in [7, 11) is 3.02. The summed E-state index contributed by atoms with van der Waals surface area (Å²) < 4.78 is 10.4. The predicted molar refractivity (Wildman–Crippen MR) is 82.5 cm³/mol. The lowest BCUT2D eigenvalue weighted by molar-refractivity contribution is 0.0967. The molecule has 0 bridgehead atoms. The van der Waals surface area contributed by atoms with Gasteiger partial charge in [0.05, 0.1) is 14.2 Å². The van der Waals surface area contributed by atoms with Crippen molar-refractivity contribution in [3.05, 3.63) is 23.8 Å². The predicted octanol–water partition coefficient (Wildman–Crippen LogP) is 2.06. The van der Waals surface area contributed by atoms with Crippen LogP contribution in [0.2, 0.25) is 0 Å². The van der Waals surface area contributed by atoms with Crippen molar-refractivity contribution in [1.82, 2.24) is 10.2 Å². The quantitative estimate of drug-likeness (QED) is 0.843. The number of rotatable bonds is 5. The number of hydrogen-bond donors (Lipinski definition) is 1. The number of hydrogen-bond acceptors (Lipinski definition) is 4. The Morgan fingerprint density at radius 3 is 2.10 bits per heavy atom. The molecule has 0 aliphatic rings. The fourth-order valence-electron chi connectivity index (χ4n) is 1.82. The van der Waals surface area contributed by atoms with Gasteiger partial charge in [-0.2, -0.15) is 0 Å². The molecule has 1 aromatic rings. The highest BCUT2D eigenvalue weighted by atomic mass is 32.1. The van der Waals surface area contributed by atoms with E-state index >= 15 is 0 Å². The Balaban J connectivity index is 3.00. The second-order valence-corrected chi connectivity index (χ2v) is 4.36. The third-order valence-corrected chi connectivity index (χ3v) is 3.29. The molecule has 0 aliphatic heterocycles. The largest absolute Gasteiger partial charge is 0.496 e. The molecule has 0 saturated heterocycles. The van der Waals surface area contributed by atoms with Crippen LogP contribution in [0.3, 0.4) is 0 Å². The van der Waals surface area contributed by atoms with Crippen molar-refractivity contribution in [2.45, 2.75) is 13.8 Å². The first kappa shape index (κ1) is 16.2. The number of amides is 1. The van der Waals surface area contributed by atoms with E-state index in [4.69, 9.17) is 21.7 Å². The van der Waals surface area contributed by atoms with Gasteiger partial charge in [-0.25, -0.2) is 0 Å². The first-order valence-electron chi connectivity index (χ1n) is 6.40. The van der Waals surface area contributed by atoms with Gasteiger partial charge in [-0.1, -0.05) is 6.07 Å². The maximum Gasteiger partial charge on any atom is 0.264 e. The van der Waals surface area contributed by atoms with Crippen molar-refractivity contribution in [1.29, 1.82) is 0 Å². The molecule has 1 N–H and O–H groups in total. The van der Waals surface area contributed by atoms with Crippen LogP contribution in [0, 0.1) is 0 Å². The SMILES string of the molecule is CCN(CC)C(=S)NC(=O)c1c(OC)cccc1OC. The smallest absolute Gasteiger partial charge is 0.264 e. The highest BCUT2D eigenvalue weighted by Crippen LogP contribution is 2.27. The summed E-state index contributed by atoms with van der Waals surface area (Å²) >= 11 is 5.22. The standard InChI is InChI=1S/C14H20N2O3S/c1-5-16(6-2)14(20)15-13(17)12-10(18-3)8-7-9-11(12)19-4/h7-9H,5-6H2,1-4H3,(H,15,17,20). The molecule has 0 heterocycles. The summed E-state index contributed by atoms with van der Waals surface area (Å²) in [5.74, 6) is 0.560. The van der Waals surface area contributed by atoms with E-state index in [0.717, 1.165) is 13.1 Å². The maximum absolute atomic E-state index is 12.4. The molecule has 1 rings (SSSR count). The average Bonchev–Trinajstić information content (AvgIpc) is 2.47. The Bertz CT molecular complexity index is 465. The van der Waals surface area contributed by atoms with E-state index < -0.39 is 0 Å². The average molecular weight is 296 g/mol. The van der Waals surface area contributed by atoms with Crippen LogP contribution in [-0.2, 0) is 0 Å². The Morgan fingerprint density at radius 1 is 1.20 bits per heavy atom. The summed E-state index contributed by atoms with van der Waals surface area (Å²) in [6, 6.07) is 5.17. The number of methoxy groups -OCH3 is 2. The summed E-state index contributed by atoms with van der Waals surface area (Å²) in [6.45, 7) is 5.43. The normalized spacial score (nSPS) is 9.80. The van der Waals surface area contributed by atoms with Crippen molar-refractivity contribution < 1.29 is 14.3 Å². The van der Waals surface area contributed by atoms with Crippen LogP contribution >= 0.6 is 12.2 Å². The van der Waals surface area contributed by atoms with E-state index in [1.807, 2.05) is 18.7 Å². The van der Waals surface area contributed by atoms with Crippen LogP contribution < -0.4 is 14.8 Å². The topological polar surface area (TPSA) is 50.8 Å². The number of ether oxygens (including phenoxy) is 2. The Hall–Kier alpha value is -1.82. The van der Waals surface area contributed by atoms with E-state index in [-0.39, 0.29) is 5.91 Å². The molecule has 110 valence electrons. The van der Waals surface area contributed by atoms with Crippen molar-refractivity contribution in [3.8, 4) is 11.5 Å². The van der Waals surface area contributed by atoms with Gasteiger partial charge >= 0.3 is 0 Å². The summed E-state index contributed by atoms with van der Waals surface area (Å²) in [5.41, 5.74) is 0.340. The highest BCUT2D eigenvalue weighted by molar-refractivity contribution is 7.80. The third kappa shape index (κ3) is 3.60. The number of carbonyl (C=O) groups excluding carboxylic acids is 1. The third-order valence-electron chi connectivity index (χ3n) is 2.93. The minimum atomic E-state index is -0.337. The molecule has 0 atom stereocenters. The van der Waals surface area contributed by atoms with Crippen molar-refractivity contribution >= 4 is 23.2 Å². The molecule has 5 nitrogen and oxygen atoms in total. The van der Waals surface area contributed by atoms with Gasteiger partial charge in [-0.05, 0) is 38.2 Å². The first-order chi connectivity index (χ1) is 9.58. The van der Waals surface area contributed by atoms with Crippen LogP contribution in [0.15, 0.2) is 18.2 Å². The molecule has 0 unspecified atom stereocenters. The van der Waals surface area contributed by atoms with Crippen LogP contribution in [0.1, 0.15) is 24.2 Å². The van der Waals surface area contributed by atoms with Crippen LogP contribution in [0.4, 0.5) is 0 Å². The van der Waals surface area contributed by atoms with E-state index in [0.29, 0.717) is 22.2 Å². The number of nitrogens with one attached hydrogen (secondary N) is 1. The number of nitrogens with zero attached hydrogens (tertiary/aromatic N) is 1. The molecule has 0 spiro atoms. The molecular formula is C14H20N2O3S. The van der Waals surface area contributed by atoms with Crippen molar-refractivity contribution in [2.75, 3.05) is 27.3 Å². The van der Waals surface area contributed by atoms with Gasteiger partial charge in [-0.15, -0.1) is 0 Å². The molecule has 20 heavy (non-hydrogen) atoms. The number of benzene rings is 1. The van der Waals surface area contributed by atoms with E-state index in [1.165, 1.54) is 14.2 Å². The molecule has 1 amide bonds. The lowest BCUT2D eigenvalue weighted by Gasteiger charge is -2.22. The Morgan fingerprint density at radius 2 is 1.70 bits per heavy atom. The van der Waals surface area contributed by atoms with Gasteiger partial charge in [-0.3, -0.25) is 10.1 Å². The fourth-order valence-corrected chi connectivity index (χ4v) is 2.18. The van der Waals surface area contributed by atoms with Gasteiger partial charge < -0.3 is 14.4 Å². The summed E-state index contributed by atoms with van der Waals surface area (Å²) in [4.78, 5) is 14.2. The second-order valence-electron chi connectivity index (χ2n) is 3.97. The monoisotopic (exact) mass is 296 g/mol. The Kier molecular flexibility index (Phi) is 6.24. The molecule has 6 heteroatoms. The van der Waals surface area contributed by atoms with Crippen molar-refractivity contribution in [2.24, 2.45) is 0 Å². The van der Waals surface area contributed by atoms with Gasteiger partial charge in [0.25, 0.3) is 5.91 Å².